The van der Waals surface area contributed by atoms with Gasteiger partial charge in [-0.25, -0.2) is 19.2 Å². The Morgan fingerprint density at radius 3 is 2.67 bits per heavy atom. The lowest BCUT2D eigenvalue weighted by Gasteiger charge is -2.09. The van der Waals surface area contributed by atoms with Crippen molar-refractivity contribution in [3.8, 4) is 11.1 Å². The van der Waals surface area contributed by atoms with Gasteiger partial charge in [0.25, 0.3) is 0 Å². The molecular formula is C21H14ClFN8O2. The number of nitrogens with zero attached hydrogens (tertiary/aromatic N) is 6. The van der Waals surface area contributed by atoms with Crippen molar-refractivity contribution in [2.24, 2.45) is 10.2 Å². The van der Waals surface area contributed by atoms with Crippen molar-refractivity contribution in [3.05, 3.63) is 77.6 Å². The number of carboxylic acid groups (broad SMARTS) is 1. The average Bonchev–Trinajstić information content (AvgIpc) is 2.81. The van der Waals surface area contributed by atoms with Crippen LogP contribution in [0.15, 0.2) is 71.4 Å². The minimum absolute atomic E-state index is 0.0208. The molecule has 0 atom stereocenters. The first-order chi connectivity index (χ1) is 15.9. The van der Waals surface area contributed by atoms with Crippen LogP contribution in [-0.4, -0.2) is 31.0 Å². The molecule has 0 aliphatic heterocycles. The zero-order chi connectivity index (χ0) is 23.4. The van der Waals surface area contributed by atoms with E-state index in [1.54, 1.807) is 12.1 Å². The predicted molar refractivity (Wildman–Crippen MR) is 120 cm³/mol. The lowest BCUT2D eigenvalue weighted by molar-refractivity contribution is 0.0696. The number of hydrogen-bond donors (Lipinski definition) is 3. The zero-order valence-electron chi connectivity index (χ0n) is 16.6. The summed E-state index contributed by atoms with van der Waals surface area (Å²) in [4.78, 5) is 27.9. The second kappa shape index (κ2) is 9.32. The minimum atomic E-state index is -1.14. The average molecular weight is 465 g/mol. The number of anilines is 3. The van der Waals surface area contributed by atoms with Gasteiger partial charge in [-0.15, -0.1) is 10.2 Å². The van der Waals surface area contributed by atoms with Crippen LogP contribution in [-0.2, 0) is 0 Å². The van der Waals surface area contributed by atoms with Crippen molar-refractivity contribution in [2.75, 3.05) is 11.1 Å². The second-order valence-corrected chi connectivity index (χ2v) is 6.98. The monoisotopic (exact) mass is 464 g/mol. The SMILES string of the molecule is Nc1cccnc1N=Nc1nc(Nc2ccc(F)c(Cl)c2)ncc1-c1cncc(C(=O)O)c1. The molecule has 0 aliphatic rings. The van der Waals surface area contributed by atoms with Gasteiger partial charge >= 0.3 is 5.97 Å². The van der Waals surface area contributed by atoms with Gasteiger partial charge in [0.2, 0.25) is 5.95 Å². The van der Waals surface area contributed by atoms with Crippen molar-refractivity contribution < 1.29 is 14.3 Å². The summed E-state index contributed by atoms with van der Waals surface area (Å²) >= 11 is 5.83. The fourth-order valence-electron chi connectivity index (χ4n) is 2.71. The number of nitrogen functional groups attached to an aromatic ring is 1. The molecule has 0 saturated carbocycles. The molecule has 10 nitrogen and oxygen atoms in total. The number of nitrogens with one attached hydrogen (secondary N) is 1. The Kier molecular flexibility index (Phi) is 6.13. The van der Waals surface area contributed by atoms with Crippen LogP contribution >= 0.6 is 11.6 Å². The zero-order valence-corrected chi connectivity index (χ0v) is 17.4. The minimum Gasteiger partial charge on any atom is -0.478 e. The van der Waals surface area contributed by atoms with Gasteiger partial charge in [-0.3, -0.25) is 4.98 Å². The Labute approximate surface area is 191 Å². The molecular weight excluding hydrogens is 451 g/mol. The van der Waals surface area contributed by atoms with Gasteiger partial charge in [0.1, 0.15) is 5.82 Å². The summed E-state index contributed by atoms with van der Waals surface area (Å²) < 4.78 is 13.4. The second-order valence-electron chi connectivity index (χ2n) is 6.57. The molecule has 0 radical (unpaired) electrons. The number of carboxylic acids is 1. The molecule has 4 rings (SSSR count). The van der Waals surface area contributed by atoms with Crippen LogP contribution in [0.2, 0.25) is 5.02 Å². The van der Waals surface area contributed by atoms with Crippen LogP contribution in [0, 0.1) is 5.82 Å². The van der Waals surface area contributed by atoms with E-state index < -0.39 is 11.8 Å². The lowest BCUT2D eigenvalue weighted by Crippen LogP contribution is -2.00. The fourth-order valence-corrected chi connectivity index (χ4v) is 2.89. The van der Waals surface area contributed by atoms with E-state index in [2.05, 4.69) is 35.5 Å². The molecule has 0 fully saturated rings. The van der Waals surface area contributed by atoms with Gasteiger partial charge in [0.15, 0.2) is 11.6 Å². The van der Waals surface area contributed by atoms with Gasteiger partial charge in [0.05, 0.1) is 16.3 Å². The maximum absolute atomic E-state index is 13.4. The highest BCUT2D eigenvalue weighted by Gasteiger charge is 2.13. The van der Waals surface area contributed by atoms with Gasteiger partial charge in [0, 0.05) is 41.6 Å². The number of azo groups is 1. The van der Waals surface area contributed by atoms with Crippen molar-refractivity contribution in [2.45, 2.75) is 0 Å². The molecule has 164 valence electrons. The molecule has 3 aromatic heterocycles. The van der Waals surface area contributed by atoms with E-state index in [-0.39, 0.29) is 28.2 Å². The largest absolute Gasteiger partial charge is 0.478 e. The van der Waals surface area contributed by atoms with Crippen LogP contribution < -0.4 is 11.1 Å². The summed E-state index contributed by atoms with van der Waals surface area (Å²) in [5.41, 5.74) is 7.38. The Bertz CT molecular complexity index is 1380. The summed E-state index contributed by atoms with van der Waals surface area (Å²) in [6.45, 7) is 0. The Morgan fingerprint density at radius 2 is 1.91 bits per heavy atom. The number of hydrogen-bond acceptors (Lipinski definition) is 9. The molecule has 33 heavy (non-hydrogen) atoms. The van der Waals surface area contributed by atoms with Crippen LogP contribution in [0.3, 0.4) is 0 Å². The number of aromatic nitrogens is 4. The van der Waals surface area contributed by atoms with E-state index in [0.29, 0.717) is 22.5 Å². The van der Waals surface area contributed by atoms with Crippen LogP contribution in [0.4, 0.5) is 33.3 Å². The highest BCUT2D eigenvalue weighted by Crippen LogP contribution is 2.32. The Hall–Kier alpha value is -4.51. The quantitative estimate of drug-likeness (QED) is 0.330. The molecule has 4 aromatic rings. The molecule has 4 N–H and O–H groups in total. The van der Waals surface area contributed by atoms with E-state index >= 15 is 0 Å². The molecule has 0 amide bonds. The predicted octanol–water partition coefficient (Wildman–Crippen LogP) is 5.17. The van der Waals surface area contributed by atoms with E-state index in [4.69, 9.17) is 17.3 Å². The number of halogens is 2. The van der Waals surface area contributed by atoms with Gasteiger partial charge < -0.3 is 16.2 Å². The summed E-state index contributed by atoms with van der Waals surface area (Å²) in [6, 6.07) is 8.73. The summed E-state index contributed by atoms with van der Waals surface area (Å²) in [5.74, 6) is -1.31. The Balaban J connectivity index is 1.77. The number of aromatic carboxylic acids is 1. The summed E-state index contributed by atoms with van der Waals surface area (Å²) in [5, 5.41) is 20.3. The van der Waals surface area contributed by atoms with Crippen LogP contribution in [0.1, 0.15) is 10.4 Å². The number of benzene rings is 1. The molecule has 0 aliphatic carbocycles. The lowest BCUT2D eigenvalue weighted by atomic mass is 10.1. The first-order valence-electron chi connectivity index (χ1n) is 9.31. The highest BCUT2D eigenvalue weighted by atomic mass is 35.5. The smallest absolute Gasteiger partial charge is 0.337 e. The van der Waals surface area contributed by atoms with Crippen molar-refractivity contribution in [1.82, 2.24) is 19.9 Å². The number of rotatable bonds is 6. The van der Waals surface area contributed by atoms with Crippen molar-refractivity contribution in [3.63, 3.8) is 0 Å². The first kappa shape index (κ1) is 21.7. The Morgan fingerprint density at radius 1 is 1.09 bits per heavy atom. The van der Waals surface area contributed by atoms with E-state index in [1.165, 1.54) is 49.1 Å². The van der Waals surface area contributed by atoms with E-state index in [1.807, 2.05) is 0 Å². The summed E-state index contributed by atoms with van der Waals surface area (Å²) in [7, 11) is 0. The topological polar surface area (TPSA) is 152 Å². The molecule has 0 bridgehead atoms. The van der Waals surface area contributed by atoms with Crippen molar-refractivity contribution in [1.29, 1.82) is 0 Å². The third kappa shape index (κ3) is 5.05. The number of pyridine rings is 2. The number of nitrogens with two attached hydrogens (primary N) is 1. The van der Waals surface area contributed by atoms with Gasteiger partial charge in [-0.2, -0.15) is 4.98 Å². The third-order valence-corrected chi connectivity index (χ3v) is 4.59. The standard InChI is InChI=1S/C21H14ClFN8O2/c22-15-7-13(3-4-16(15)23)28-21-27-10-14(11-6-12(20(32)33)9-25-8-11)18(29-21)30-31-19-17(24)2-1-5-26-19/h1-10H,24H2,(H,32,33)(H,27,28,29). The maximum atomic E-state index is 13.4. The van der Waals surface area contributed by atoms with Gasteiger partial charge in [-0.1, -0.05) is 11.6 Å². The number of carbonyl (C=O) groups is 1. The fraction of sp³-hybridized carbons (Fsp3) is 0. The van der Waals surface area contributed by atoms with Gasteiger partial charge in [-0.05, 0) is 36.4 Å². The first-order valence-corrected chi connectivity index (χ1v) is 9.68. The van der Waals surface area contributed by atoms with Crippen molar-refractivity contribution >= 4 is 46.5 Å². The van der Waals surface area contributed by atoms with E-state index in [9.17, 15) is 14.3 Å². The molecule has 0 spiro atoms. The normalized spacial score (nSPS) is 11.0. The molecule has 1 aromatic carbocycles. The maximum Gasteiger partial charge on any atom is 0.337 e. The molecule has 0 saturated heterocycles. The molecule has 12 heteroatoms. The van der Waals surface area contributed by atoms with Crippen LogP contribution in [0.5, 0.6) is 0 Å². The third-order valence-electron chi connectivity index (χ3n) is 4.30. The highest BCUT2D eigenvalue weighted by molar-refractivity contribution is 6.31. The van der Waals surface area contributed by atoms with Crippen LogP contribution in [0.25, 0.3) is 11.1 Å². The van der Waals surface area contributed by atoms with E-state index in [0.717, 1.165) is 0 Å². The molecule has 0 unspecified atom stereocenters. The summed E-state index contributed by atoms with van der Waals surface area (Å²) in [6.07, 6.45) is 5.61. The molecule has 3 heterocycles.